The highest BCUT2D eigenvalue weighted by atomic mass is 31.2. The Hall–Kier alpha value is -0.330. The molecular formula is C14H25O3P. The Balaban J connectivity index is 2.82. The average molecular weight is 272 g/mol. The summed E-state index contributed by atoms with van der Waals surface area (Å²) in [7, 11) is -3.16. The van der Waals surface area contributed by atoms with Crippen LogP contribution < -0.4 is 0 Å². The molecule has 4 heteroatoms. The third-order valence-corrected chi connectivity index (χ3v) is 4.48. The van der Waals surface area contributed by atoms with Crippen LogP contribution in [0, 0.1) is 0 Å². The topological polar surface area (TPSA) is 35.5 Å². The summed E-state index contributed by atoms with van der Waals surface area (Å²) in [5.74, 6) is 1.52. The van der Waals surface area contributed by atoms with Gasteiger partial charge in [-0.25, -0.2) is 0 Å². The number of allylic oxidation sites excluding steroid dienone is 1. The Morgan fingerprint density at radius 2 is 1.56 bits per heavy atom. The minimum Gasteiger partial charge on any atom is -0.302 e. The van der Waals surface area contributed by atoms with Gasteiger partial charge in [0.05, 0.1) is 18.0 Å². The lowest BCUT2D eigenvalue weighted by molar-refractivity contribution is 0.149. The Morgan fingerprint density at radius 1 is 1.06 bits per heavy atom. The zero-order valence-electron chi connectivity index (χ0n) is 11.9. The molecule has 0 aromatic heterocycles. The smallest absolute Gasteiger partial charge is 0.302 e. The molecule has 0 saturated heterocycles. The van der Waals surface area contributed by atoms with Gasteiger partial charge in [0.2, 0.25) is 0 Å². The fourth-order valence-corrected chi connectivity index (χ4v) is 3.65. The summed E-state index contributed by atoms with van der Waals surface area (Å²) in [6, 6.07) is 0. The molecule has 1 rings (SSSR count). The van der Waals surface area contributed by atoms with Crippen molar-refractivity contribution in [1.82, 2.24) is 0 Å². The molecule has 104 valence electrons. The Bertz CT molecular complexity index is 343. The standard InChI is InChI=1S/C14H25O3P/c1-12(2)16-18(15,17-13(3)4)11-10-14-8-6-5-7-9-14/h11-13H,5-9H2,1-4H3. The minimum absolute atomic E-state index is 0.121. The van der Waals surface area contributed by atoms with Crippen LogP contribution in [0.4, 0.5) is 0 Å². The largest absolute Gasteiger partial charge is 0.362 e. The molecule has 1 aliphatic rings. The predicted molar refractivity (Wildman–Crippen MR) is 74.7 cm³/mol. The fourth-order valence-electron chi connectivity index (χ4n) is 1.97. The molecule has 0 aromatic rings. The van der Waals surface area contributed by atoms with E-state index in [1.807, 2.05) is 27.7 Å². The maximum atomic E-state index is 12.5. The molecular weight excluding hydrogens is 247 g/mol. The lowest BCUT2D eigenvalue weighted by Crippen LogP contribution is -2.06. The molecule has 0 amide bonds. The van der Waals surface area contributed by atoms with Crippen LogP contribution in [0.25, 0.3) is 0 Å². The van der Waals surface area contributed by atoms with Gasteiger partial charge >= 0.3 is 7.60 Å². The molecule has 0 unspecified atom stereocenters. The normalized spacial score (nSPS) is 17.1. The van der Waals surface area contributed by atoms with Gasteiger partial charge in [-0.3, -0.25) is 4.57 Å². The molecule has 1 saturated carbocycles. The van der Waals surface area contributed by atoms with E-state index in [1.165, 1.54) is 30.7 Å². The van der Waals surface area contributed by atoms with Crippen molar-refractivity contribution in [3.8, 4) is 0 Å². The molecule has 0 spiro atoms. The van der Waals surface area contributed by atoms with Gasteiger partial charge in [-0.1, -0.05) is 6.42 Å². The second-order valence-corrected chi connectivity index (χ2v) is 7.05. The zero-order chi connectivity index (χ0) is 13.6. The molecule has 1 aliphatic carbocycles. The van der Waals surface area contributed by atoms with Gasteiger partial charge in [-0.05, 0) is 59.0 Å². The number of rotatable bonds is 5. The lowest BCUT2D eigenvalue weighted by atomic mass is 9.96. The van der Waals surface area contributed by atoms with E-state index in [-0.39, 0.29) is 12.2 Å². The van der Waals surface area contributed by atoms with E-state index in [4.69, 9.17) is 9.05 Å². The molecule has 0 aromatic carbocycles. The van der Waals surface area contributed by atoms with Crippen molar-refractivity contribution >= 4 is 7.60 Å². The fraction of sp³-hybridized carbons (Fsp3) is 0.786. The quantitative estimate of drug-likeness (QED) is 0.520. The summed E-state index contributed by atoms with van der Waals surface area (Å²) in [6.45, 7) is 7.44. The highest BCUT2D eigenvalue weighted by Gasteiger charge is 2.24. The van der Waals surface area contributed by atoms with Crippen molar-refractivity contribution < 1.29 is 13.6 Å². The second kappa shape index (κ2) is 7.31. The Morgan fingerprint density at radius 3 is 2.00 bits per heavy atom. The van der Waals surface area contributed by atoms with Crippen LogP contribution in [0.3, 0.4) is 0 Å². The molecule has 0 aliphatic heterocycles. The Kier molecular flexibility index (Phi) is 6.38. The summed E-state index contributed by atoms with van der Waals surface area (Å²) >= 11 is 0. The maximum absolute atomic E-state index is 12.5. The van der Waals surface area contributed by atoms with E-state index in [0.29, 0.717) is 0 Å². The van der Waals surface area contributed by atoms with Crippen LogP contribution in [-0.2, 0) is 13.6 Å². The van der Waals surface area contributed by atoms with Gasteiger partial charge in [0, 0.05) is 0 Å². The van der Waals surface area contributed by atoms with Gasteiger partial charge in [0.1, 0.15) is 0 Å². The van der Waals surface area contributed by atoms with E-state index >= 15 is 0 Å². The highest BCUT2D eigenvalue weighted by molar-refractivity contribution is 7.57. The van der Waals surface area contributed by atoms with E-state index < -0.39 is 7.60 Å². The van der Waals surface area contributed by atoms with Crippen LogP contribution in [0.5, 0.6) is 0 Å². The first kappa shape index (κ1) is 15.7. The highest BCUT2D eigenvalue weighted by Crippen LogP contribution is 2.51. The summed E-state index contributed by atoms with van der Waals surface area (Å²) in [6.07, 6.45) is 5.56. The lowest BCUT2D eigenvalue weighted by Gasteiger charge is -2.19. The van der Waals surface area contributed by atoms with E-state index in [9.17, 15) is 4.57 Å². The van der Waals surface area contributed by atoms with Crippen LogP contribution in [0.15, 0.2) is 17.1 Å². The van der Waals surface area contributed by atoms with Crippen molar-refractivity contribution in [2.24, 2.45) is 0 Å². The van der Waals surface area contributed by atoms with Crippen LogP contribution in [0.2, 0.25) is 0 Å². The number of hydrogen-bond acceptors (Lipinski definition) is 3. The van der Waals surface area contributed by atoms with Crippen LogP contribution in [0.1, 0.15) is 59.8 Å². The first-order chi connectivity index (χ1) is 8.41. The predicted octanol–water partition coefficient (Wildman–Crippen LogP) is 5.03. The molecule has 0 heterocycles. The van der Waals surface area contributed by atoms with Crippen molar-refractivity contribution in [2.75, 3.05) is 0 Å². The summed E-state index contributed by atoms with van der Waals surface area (Å²) in [5.41, 5.74) is 4.39. The summed E-state index contributed by atoms with van der Waals surface area (Å²) < 4.78 is 23.4. The second-order valence-electron chi connectivity index (χ2n) is 5.29. The van der Waals surface area contributed by atoms with Crippen molar-refractivity contribution in [3.05, 3.63) is 17.1 Å². The Labute approximate surface area is 111 Å². The minimum atomic E-state index is -3.16. The molecule has 0 radical (unpaired) electrons. The molecule has 18 heavy (non-hydrogen) atoms. The summed E-state index contributed by atoms with van der Waals surface area (Å²) in [5, 5.41) is 0. The van der Waals surface area contributed by atoms with Gasteiger partial charge in [0.15, 0.2) is 0 Å². The van der Waals surface area contributed by atoms with Crippen molar-refractivity contribution in [3.63, 3.8) is 0 Å². The third-order valence-electron chi connectivity index (χ3n) is 2.60. The van der Waals surface area contributed by atoms with E-state index in [2.05, 4.69) is 5.73 Å². The number of hydrogen-bond donors (Lipinski definition) is 0. The first-order valence-corrected chi connectivity index (χ1v) is 8.44. The van der Waals surface area contributed by atoms with E-state index in [1.54, 1.807) is 0 Å². The molecule has 3 nitrogen and oxygen atoms in total. The van der Waals surface area contributed by atoms with Gasteiger partial charge in [0.25, 0.3) is 0 Å². The molecule has 0 bridgehead atoms. The van der Waals surface area contributed by atoms with Crippen LogP contribution in [-0.4, -0.2) is 12.2 Å². The van der Waals surface area contributed by atoms with Crippen molar-refractivity contribution in [2.45, 2.75) is 72.0 Å². The van der Waals surface area contributed by atoms with Crippen molar-refractivity contribution in [1.29, 1.82) is 0 Å². The van der Waals surface area contributed by atoms with Crippen LogP contribution >= 0.6 is 7.60 Å². The van der Waals surface area contributed by atoms with E-state index in [0.717, 1.165) is 12.8 Å². The molecule has 1 fully saturated rings. The molecule has 0 atom stereocenters. The van der Waals surface area contributed by atoms with Gasteiger partial charge in [-0.2, -0.15) is 0 Å². The SMILES string of the molecule is CC(C)OP(=O)(C=C=C1CCCCC1)OC(C)C. The first-order valence-electron chi connectivity index (χ1n) is 6.83. The average Bonchev–Trinajstić information content (AvgIpc) is 2.26. The zero-order valence-corrected chi connectivity index (χ0v) is 12.8. The molecule has 0 N–H and O–H groups in total. The monoisotopic (exact) mass is 272 g/mol. The van der Waals surface area contributed by atoms with Gasteiger partial charge in [-0.15, -0.1) is 5.73 Å². The maximum Gasteiger partial charge on any atom is 0.362 e. The van der Waals surface area contributed by atoms with Gasteiger partial charge < -0.3 is 9.05 Å². The third kappa shape index (κ3) is 6.02. The summed E-state index contributed by atoms with van der Waals surface area (Å²) in [4.78, 5) is 0.